The summed E-state index contributed by atoms with van der Waals surface area (Å²) in [6.07, 6.45) is 0. The van der Waals surface area contributed by atoms with Crippen LogP contribution in [-0.4, -0.2) is 48.9 Å². The fourth-order valence-electron chi connectivity index (χ4n) is 2.27. The molecule has 1 N–H and O–H groups in total. The van der Waals surface area contributed by atoms with Gasteiger partial charge in [0.2, 0.25) is 5.91 Å². The van der Waals surface area contributed by atoms with Crippen LogP contribution in [0, 0.1) is 0 Å². The Balaban J connectivity index is 1.52. The van der Waals surface area contributed by atoms with Gasteiger partial charge in [-0.25, -0.2) is 4.79 Å². The van der Waals surface area contributed by atoms with Gasteiger partial charge in [-0.15, -0.1) is 0 Å². The molecule has 0 bridgehead atoms. The van der Waals surface area contributed by atoms with E-state index in [1.807, 2.05) is 18.2 Å². The lowest BCUT2D eigenvalue weighted by atomic mass is 10.2. The number of carbonyl (C=O) groups is 2. The van der Waals surface area contributed by atoms with E-state index in [1.54, 1.807) is 11.8 Å². The minimum absolute atomic E-state index is 0.112. The standard InChI is InChI=1S/C14H16N2O4S/c17-12-8-15-14(18)16(12)4-7-21-9-10-2-1-3-11-13(10)20-6-5-19-11/h1-3H,4-9H2,(H,15,18). The summed E-state index contributed by atoms with van der Waals surface area (Å²) in [7, 11) is 0. The molecule has 1 fully saturated rings. The first kappa shape index (κ1) is 14.1. The number of rotatable bonds is 5. The number of benzene rings is 1. The number of ether oxygens (including phenoxy) is 2. The van der Waals surface area contributed by atoms with Crippen LogP contribution in [0.15, 0.2) is 18.2 Å². The third kappa shape index (κ3) is 3.07. The largest absolute Gasteiger partial charge is 0.486 e. The van der Waals surface area contributed by atoms with Crippen molar-refractivity contribution in [3.05, 3.63) is 23.8 Å². The van der Waals surface area contributed by atoms with E-state index in [2.05, 4.69) is 5.32 Å². The van der Waals surface area contributed by atoms with Crippen LogP contribution in [0.25, 0.3) is 0 Å². The third-order valence-electron chi connectivity index (χ3n) is 3.30. The highest BCUT2D eigenvalue weighted by atomic mass is 32.2. The van der Waals surface area contributed by atoms with E-state index in [-0.39, 0.29) is 18.5 Å². The number of para-hydroxylation sites is 1. The van der Waals surface area contributed by atoms with Crippen LogP contribution >= 0.6 is 11.8 Å². The van der Waals surface area contributed by atoms with Gasteiger partial charge >= 0.3 is 6.03 Å². The van der Waals surface area contributed by atoms with Gasteiger partial charge < -0.3 is 14.8 Å². The van der Waals surface area contributed by atoms with Crippen LogP contribution in [0.4, 0.5) is 4.79 Å². The first-order valence-electron chi connectivity index (χ1n) is 6.79. The summed E-state index contributed by atoms with van der Waals surface area (Å²) in [6.45, 7) is 1.69. The van der Waals surface area contributed by atoms with Gasteiger partial charge in [0.25, 0.3) is 0 Å². The molecule has 3 amide bonds. The average molecular weight is 308 g/mol. The predicted molar refractivity (Wildman–Crippen MR) is 78.7 cm³/mol. The first-order chi connectivity index (χ1) is 10.3. The SMILES string of the molecule is O=C1CNC(=O)N1CCSCc1cccc2c1OCCO2. The van der Waals surface area contributed by atoms with E-state index in [9.17, 15) is 9.59 Å². The molecule has 0 radical (unpaired) electrons. The lowest BCUT2D eigenvalue weighted by Crippen LogP contribution is -2.32. The van der Waals surface area contributed by atoms with E-state index in [4.69, 9.17) is 9.47 Å². The van der Waals surface area contributed by atoms with E-state index in [0.29, 0.717) is 25.5 Å². The maximum absolute atomic E-state index is 11.4. The second kappa shape index (κ2) is 6.26. The monoisotopic (exact) mass is 308 g/mol. The highest BCUT2D eigenvalue weighted by Crippen LogP contribution is 2.35. The molecule has 1 aromatic rings. The van der Waals surface area contributed by atoms with Crippen LogP contribution in [0.3, 0.4) is 0 Å². The van der Waals surface area contributed by atoms with Crippen molar-refractivity contribution in [1.82, 2.24) is 10.2 Å². The molecular weight excluding hydrogens is 292 g/mol. The lowest BCUT2D eigenvalue weighted by Gasteiger charge is -2.21. The Morgan fingerprint density at radius 1 is 1.24 bits per heavy atom. The zero-order valence-electron chi connectivity index (χ0n) is 11.5. The van der Waals surface area contributed by atoms with Gasteiger partial charge in [-0.05, 0) is 6.07 Å². The zero-order chi connectivity index (χ0) is 14.7. The van der Waals surface area contributed by atoms with Crippen molar-refractivity contribution >= 4 is 23.7 Å². The number of nitrogens with zero attached hydrogens (tertiary/aromatic N) is 1. The quantitative estimate of drug-likeness (QED) is 0.655. The van der Waals surface area contributed by atoms with Crippen molar-refractivity contribution in [3.63, 3.8) is 0 Å². The van der Waals surface area contributed by atoms with Crippen molar-refractivity contribution in [2.24, 2.45) is 0 Å². The molecule has 21 heavy (non-hydrogen) atoms. The van der Waals surface area contributed by atoms with Crippen LogP contribution < -0.4 is 14.8 Å². The number of urea groups is 1. The molecule has 3 rings (SSSR count). The number of amides is 3. The minimum Gasteiger partial charge on any atom is -0.486 e. The Morgan fingerprint density at radius 3 is 2.90 bits per heavy atom. The fourth-order valence-corrected chi connectivity index (χ4v) is 3.17. The number of imide groups is 1. The molecule has 1 saturated heterocycles. The van der Waals surface area contributed by atoms with Crippen LogP contribution in [0.5, 0.6) is 11.5 Å². The fraction of sp³-hybridized carbons (Fsp3) is 0.429. The lowest BCUT2D eigenvalue weighted by molar-refractivity contribution is -0.124. The molecule has 0 atom stereocenters. The zero-order valence-corrected chi connectivity index (χ0v) is 12.3. The van der Waals surface area contributed by atoms with Gasteiger partial charge in [0.05, 0.1) is 6.54 Å². The molecule has 2 heterocycles. The summed E-state index contributed by atoms with van der Waals surface area (Å²) in [5, 5.41) is 2.51. The van der Waals surface area contributed by atoms with E-state index in [1.165, 1.54) is 4.90 Å². The van der Waals surface area contributed by atoms with E-state index < -0.39 is 0 Å². The first-order valence-corrected chi connectivity index (χ1v) is 7.94. The normalized spacial score (nSPS) is 17.0. The topological polar surface area (TPSA) is 67.9 Å². The summed E-state index contributed by atoms with van der Waals surface area (Å²) in [5.41, 5.74) is 1.08. The number of hydrogen-bond acceptors (Lipinski definition) is 5. The maximum atomic E-state index is 11.4. The van der Waals surface area contributed by atoms with Gasteiger partial charge in [-0.1, -0.05) is 12.1 Å². The van der Waals surface area contributed by atoms with Crippen molar-refractivity contribution in [2.45, 2.75) is 5.75 Å². The molecular formula is C14H16N2O4S. The molecule has 7 heteroatoms. The summed E-state index contributed by atoms with van der Waals surface area (Å²) in [6, 6.07) is 5.56. The number of carbonyl (C=O) groups excluding carboxylic acids is 2. The van der Waals surface area contributed by atoms with E-state index in [0.717, 1.165) is 22.8 Å². The average Bonchev–Trinajstić information content (AvgIpc) is 2.83. The minimum atomic E-state index is -0.297. The van der Waals surface area contributed by atoms with Crippen molar-refractivity contribution in [3.8, 4) is 11.5 Å². The molecule has 0 spiro atoms. The molecule has 0 aromatic heterocycles. The number of thioether (sulfide) groups is 1. The third-order valence-corrected chi connectivity index (χ3v) is 4.29. The summed E-state index contributed by atoms with van der Waals surface area (Å²) in [5.74, 6) is 2.90. The predicted octanol–water partition coefficient (Wildman–Crippen LogP) is 1.24. The Kier molecular flexibility index (Phi) is 4.19. The van der Waals surface area contributed by atoms with Gasteiger partial charge in [-0.2, -0.15) is 11.8 Å². The van der Waals surface area contributed by atoms with Crippen molar-refractivity contribution < 1.29 is 19.1 Å². The summed E-state index contributed by atoms with van der Waals surface area (Å²) < 4.78 is 11.2. The molecule has 2 aliphatic heterocycles. The Bertz CT molecular complexity index is 548. The number of fused-ring (bicyclic) bond motifs is 1. The Morgan fingerprint density at radius 2 is 2.10 bits per heavy atom. The molecule has 0 saturated carbocycles. The Hall–Kier alpha value is -1.89. The van der Waals surface area contributed by atoms with Gasteiger partial charge in [0.15, 0.2) is 11.5 Å². The molecule has 0 unspecified atom stereocenters. The summed E-state index contributed by atoms with van der Waals surface area (Å²) >= 11 is 1.66. The smallest absolute Gasteiger partial charge is 0.324 e. The van der Waals surface area contributed by atoms with Crippen molar-refractivity contribution in [1.29, 1.82) is 0 Å². The second-order valence-corrected chi connectivity index (χ2v) is 5.80. The molecule has 1 aromatic carbocycles. The molecule has 0 aliphatic carbocycles. The van der Waals surface area contributed by atoms with Gasteiger partial charge in [0.1, 0.15) is 13.2 Å². The highest BCUT2D eigenvalue weighted by molar-refractivity contribution is 7.98. The van der Waals surface area contributed by atoms with Crippen LogP contribution in [-0.2, 0) is 10.5 Å². The maximum Gasteiger partial charge on any atom is 0.324 e. The van der Waals surface area contributed by atoms with Crippen molar-refractivity contribution in [2.75, 3.05) is 32.1 Å². The summed E-state index contributed by atoms with van der Waals surface area (Å²) in [4.78, 5) is 24.1. The Labute approximate surface area is 126 Å². The highest BCUT2D eigenvalue weighted by Gasteiger charge is 2.27. The van der Waals surface area contributed by atoms with Gasteiger partial charge in [0, 0.05) is 23.6 Å². The second-order valence-electron chi connectivity index (χ2n) is 4.70. The molecule has 6 nitrogen and oxygen atoms in total. The molecule has 112 valence electrons. The van der Waals surface area contributed by atoms with Gasteiger partial charge in [-0.3, -0.25) is 9.69 Å². The number of hydrogen-bond donors (Lipinski definition) is 1. The van der Waals surface area contributed by atoms with Crippen LogP contribution in [0.2, 0.25) is 0 Å². The van der Waals surface area contributed by atoms with E-state index >= 15 is 0 Å². The van der Waals surface area contributed by atoms with Crippen LogP contribution in [0.1, 0.15) is 5.56 Å². The number of nitrogens with one attached hydrogen (secondary N) is 1. The molecule has 2 aliphatic rings.